The number of methoxy groups -OCH3 is 1. The first-order chi connectivity index (χ1) is 8.31. The molecular weight excluding hydrogens is 214 g/mol. The van der Waals surface area contributed by atoms with E-state index in [0.717, 1.165) is 25.8 Å². The summed E-state index contributed by atoms with van der Waals surface area (Å²) in [7, 11) is 1.45. The minimum Gasteiger partial charge on any atom is -0.453 e. The lowest BCUT2D eigenvalue weighted by atomic mass is 9.96. The minimum absolute atomic E-state index is 0.189. The molecule has 1 aliphatic heterocycles. The number of benzene rings is 1. The average Bonchev–Trinajstić information content (AvgIpc) is 2.40. The lowest BCUT2D eigenvalue weighted by Gasteiger charge is -2.34. The Bertz CT molecular complexity index is 364. The van der Waals surface area contributed by atoms with Crippen molar-refractivity contribution in [1.29, 1.82) is 0 Å². The monoisotopic (exact) mass is 233 g/mol. The molecule has 0 spiro atoms. The maximum atomic E-state index is 11.7. The van der Waals surface area contributed by atoms with E-state index in [0.29, 0.717) is 6.04 Å². The Morgan fingerprint density at radius 3 is 2.82 bits per heavy atom. The van der Waals surface area contributed by atoms with Gasteiger partial charge in [-0.1, -0.05) is 30.3 Å². The number of amides is 1. The highest BCUT2D eigenvalue weighted by Crippen LogP contribution is 2.21. The Kier molecular flexibility index (Phi) is 4.02. The molecule has 3 heteroatoms. The molecule has 1 fully saturated rings. The minimum atomic E-state index is -0.189. The van der Waals surface area contributed by atoms with Gasteiger partial charge in [-0.15, -0.1) is 0 Å². The highest BCUT2D eigenvalue weighted by molar-refractivity contribution is 5.68. The van der Waals surface area contributed by atoms with E-state index < -0.39 is 0 Å². The number of piperidine rings is 1. The molecule has 0 aromatic heterocycles. The van der Waals surface area contributed by atoms with Crippen LogP contribution in [0.3, 0.4) is 0 Å². The predicted molar refractivity (Wildman–Crippen MR) is 66.9 cm³/mol. The highest BCUT2D eigenvalue weighted by atomic mass is 16.5. The van der Waals surface area contributed by atoms with Gasteiger partial charge in [-0.05, 0) is 31.2 Å². The Balaban J connectivity index is 2.04. The second-order valence-electron chi connectivity index (χ2n) is 4.50. The molecule has 0 radical (unpaired) electrons. The van der Waals surface area contributed by atoms with Gasteiger partial charge < -0.3 is 9.64 Å². The molecule has 17 heavy (non-hydrogen) atoms. The van der Waals surface area contributed by atoms with Gasteiger partial charge in [-0.2, -0.15) is 0 Å². The second-order valence-corrected chi connectivity index (χ2v) is 4.50. The van der Waals surface area contributed by atoms with E-state index in [1.807, 2.05) is 23.1 Å². The van der Waals surface area contributed by atoms with Crippen LogP contribution >= 0.6 is 0 Å². The van der Waals surface area contributed by atoms with E-state index in [-0.39, 0.29) is 6.09 Å². The molecule has 1 aliphatic rings. The number of rotatable bonds is 2. The molecule has 0 saturated carbocycles. The van der Waals surface area contributed by atoms with Gasteiger partial charge in [0.05, 0.1) is 7.11 Å². The van der Waals surface area contributed by atoms with Crippen molar-refractivity contribution in [2.24, 2.45) is 0 Å². The Morgan fingerprint density at radius 1 is 1.35 bits per heavy atom. The molecular formula is C14H19NO2. The summed E-state index contributed by atoms with van der Waals surface area (Å²) < 4.78 is 4.84. The standard InChI is InChI=1S/C14H19NO2/c1-17-14(16)15-10-6-5-9-13(15)11-12-7-3-2-4-8-12/h2-4,7-8,13H,5-6,9-11H2,1H3. The fraction of sp³-hybridized carbons (Fsp3) is 0.500. The largest absolute Gasteiger partial charge is 0.453 e. The maximum absolute atomic E-state index is 11.7. The summed E-state index contributed by atoms with van der Waals surface area (Å²) in [6.45, 7) is 0.824. The summed E-state index contributed by atoms with van der Waals surface area (Å²) >= 11 is 0. The number of hydrogen-bond acceptors (Lipinski definition) is 2. The summed E-state index contributed by atoms with van der Waals surface area (Å²) in [5, 5.41) is 0. The van der Waals surface area contributed by atoms with Crippen molar-refractivity contribution in [2.75, 3.05) is 13.7 Å². The molecule has 1 saturated heterocycles. The van der Waals surface area contributed by atoms with Gasteiger partial charge in [0.1, 0.15) is 0 Å². The highest BCUT2D eigenvalue weighted by Gasteiger charge is 2.27. The van der Waals surface area contributed by atoms with Crippen molar-refractivity contribution < 1.29 is 9.53 Å². The summed E-state index contributed by atoms with van der Waals surface area (Å²) in [4.78, 5) is 13.5. The second kappa shape index (κ2) is 5.71. The SMILES string of the molecule is COC(=O)N1CCCCC1Cc1ccccc1. The van der Waals surface area contributed by atoms with E-state index >= 15 is 0 Å². The van der Waals surface area contributed by atoms with Crippen LogP contribution in [0.25, 0.3) is 0 Å². The third-order valence-electron chi connectivity index (χ3n) is 3.35. The van der Waals surface area contributed by atoms with Gasteiger partial charge >= 0.3 is 6.09 Å². The van der Waals surface area contributed by atoms with Crippen molar-refractivity contribution in [1.82, 2.24) is 4.90 Å². The van der Waals surface area contributed by atoms with Gasteiger partial charge in [0.25, 0.3) is 0 Å². The quantitative estimate of drug-likeness (QED) is 0.786. The summed E-state index contributed by atoms with van der Waals surface area (Å²) in [6.07, 6.45) is 4.09. The zero-order valence-corrected chi connectivity index (χ0v) is 10.3. The Labute approximate surface area is 102 Å². The van der Waals surface area contributed by atoms with Crippen molar-refractivity contribution in [3.05, 3.63) is 35.9 Å². The van der Waals surface area contributed by atoms with E-state index in [4.69, 9.17) is 4.74 Å². The molecule has 2 rings (SSSR count). The molecule has 0 aliphatic carbocycles. The van der Waals surface area contributed by atoms with Crippen LogP contribution in [0.1, 0.15) is 24.8 Å². The first-order valence-corrected chi connectivity index (χ1v) is 6.20. The third kappa shape index (κ3) is 2.99. The van der Waals surface area contributed by atoms with Gasteiger partial charge in [0.2, 0.25) is 0 Å². The van der Waals surface area contributed by atoms with Crippen LogP contribution in [-0.4, -0.2) is 30.7 Å². The lowest BCUT2D eigenvalue weighted by molar-refractivity contribution is 0.0895. The van der Waals surface area contributed by atoms with Crippen LogP contribution in [0.5, 0.6) is 0 Å². The van der Waals surface area contributed by atoms with Crippen molar-refractivity contribution >= 4 is 6.09 Å². The van der Waals surface area contributed by atoms with Crippen LogP contribution in [0.2, 0.25) is 0 Å². The smallest absolute Gasteiger partial charge is 0.409 e. The number of likely N-dealkylation sites (tertiary alicyclic amines) is 1. The van der Waals surface area contributed by atoms with E-state index in [9.17, 15) is 4.79 Å². The molecule has 1 amide bonds. The number of carbonyl (C=O) groups excluding carboxylic acids is 1. The van der Waals surface area contributed by atoms with Gasteiger partial charge in [-0.3, -0.25) is 0 Å². The van der Waals surface area contributed by atoms with Crippen LogP contribution in [0, 0.1) is 0 Å². The fourth-order valence-corrected chi connectivity index (χ4v) is 2.46. The van der Waals surface area contributed by atoms with Crippen LogP contribution < -0.4 is 0 Å². The van der Waals surface area contributed by atoms with Crippen molar-refractivity contribution in [2.45, 2.75) is 31.7 Å². The lowest BCUT2D eigenvalue weighted by Crippen LogP contribution is -2.44. The molecule has 1 unspecified atom stereocenters. The van der Waals surface area contributed by atoms with E-state index in [1.165, 1.54) is 19.1 Å². The summed E-state index contributed by atoms with van der Waals surface area (Å²) in [6, 6.07) is 10.6. The summed E-state index contributed by atoms with van der Waals surface area (Å²) in [5.74, 6) is 0. The number of carbonyl (C=O) groups is 1. The Hall–Kier alpha value is -1.51. The normalized spacial score (nSPS) is 20.1. The zero-order chi connectivity index (χ0) is 12.1. The van der Waals surface area contributed by atoms with Gasteiger partial charge in [0, 0.05) is 12.6 Å². The topological polar surface area (TPSA) is 29.5 Å². The Morgan fingerprint density at radius 2 is 2.12 bits per heavy atom. The van der Waals surface area contributed by atoms with Crippen LogP contribution in [0.15, 0.2) is 30.3 Å². The van der Waals surface area contributed by atoms with E-state index in [2.05, 4.69) is 12.1 Å². The zero-order valence-electron chi connectivity index (χ0n) is 10.3. The first-order valence-electron chi connectivity index (χ1n) is 6.20. The number of nitrogens with zero attached hydrogens (tertiary/aromatic N) is 1. The van der Waals surface area contributed by atoms with Gasteiger partial charge in [0.15, 0.2) is 0 Å². The molecule has 0 N–H and O–H groups in total. The van der Waals surface area contributed by atoms with Crippen LogP contribution in [0.4, 0.5) is 4.79 Å². The third-order valence-corrected chi connectivity index (χ3v) is 3.35. The van der Waals surface area contributed by atoms with Gasteiger partial charge in [-0.25, -0.2) is 4.79 Å². The predicted octanol–water partition coefficient (Wildman–Crippen LogP) is 2.85. The maximum Gasteiger partial charge on any atom is 0.409 e. The van der Waals surface area contributed by atoms with E-state index in [1.54, 1.807) is 0 Å². The molecule has 0 bridgehead atoms. The number of ether oxygens (including phenoxy) is 1. The number of hydrogen-bond donors (Lipinski definition) is 0. The molecule has 3 nitrogen and oxygen atoms in total. The molecule has 92 valence electrons. The first kappa shape index (κ1) is 12.0. The summed E-state index contributed by atoms with van der Waals surface area (Å²) in [5.41, 5.74) is 1.29. The molecule has 1 heterocycles. The fourth-order valence-electron chi connectivity index (χ4n) is 2.46. The van der Waals surface area contributed by atoms with Crippen molar-refractivity contribution in [3.63, 3.8) is 0 Å². The molecule has 1 aromatic carbocycles. The van der Waals surface area contributed by atoms with Crippen molar-refractivity contribution in [3.8, 4) is 0 Å². The molecule has 1 aromatic rings. The van der Waals surface area contributed by atoms with Crippen LogP contribution in [-0.2, 0) is 11.2 Å². The molecule has 1 atom stereocenters. The average molecular weight is 233 g/mol.